The maximum Gasteiger partial charge on any atom is 0.270 e. The summed E-state index contributed by atoms with van der Waals surface area (Å²) in [6, 6.07) is 16.0. The van der Waals surface area contributed by atoms with Crippen LogP contribution in [0.15, 0.2) is 65.6 Å². The number of rotatable bonds is 10. The van der Waals surface area contributed by atoms with Crippen LogP contribution in [-0.4, -0.2) is 76.1 Å². The largest absolute Gasteiger partial charge is 0.495 e. The molecule has 3 atom stereocenters. The SMILES string of the molecule is COc1cc2c(cc1Cl)C(CCCN1CC3CC1CN3C)(c1ccccc1F)C(=O)N2S(=O)(=O)c1ccc(OC(C)C)cc1. The van der Waals surface area contributed by atoms with E-state index >= 15 is 4.39 Å². The lowest BCUT2D eigenvalue weighted by Crippen LogP contribution is -2.46. The number of hydrogen-bond donors (Lipinski definition) is 0. The molecule has 0 aliphatic carbocycles. The Morgan fingerprint density at radius 3 is 2.39 bits per heavy atom. The third kappa shape index (κ3) is 5.05. The molecule has 3 unspecified atom stereocenters. The molecule has 0 aromatic heterocycles. The van der Waals surface area contributed by atoms with Crippen molar-refractivity contribution in [3.63, 3.8) is 0 Å². The van der Waals surface area contributed by atoms with Crippen LogP contribution in [0.4, 0.5) is 10.1 Å². The highest BCUT2D eigenvalue weighted by atomic mass is 35.5. The lowest BCUT2D eigenvalue weighted by Gasteiger charge is -2.34. The maximum absolute atomic E-state index is 15.8. The molecule has 6 rings (SSSR count). The highest BCUT2D eigenvalue weighted by molar-refractivity contribution is 7.93. The van der Waals surface area contributed by atoms with Crippen LogP contribution in [0.3, 0.4) is 0 Å². The van der Waals surface area contributed by atoms with Crippen LogP contribution in [0.25, 0.3) is 0 Å². The molecule has 2 bridgehead atoms. The van der Waals surface area contributed by atoms with Gasteiger partial charge >= 0.3 is 0 Å². The van der Waals surface area contributed by atoms with Crippen molar-refractivity contribution in [1.82, 2.24) is 9.80 Å². The van der Waals surface area contributed by atoms with Gasteiger partial charge in [0.25, 0.3) is 15.9 Å². The van der Waals surface area contributed by atoms with Crippen LogP contribution in [0.2, 0.25) is 5.02 Å². The molecule has 3 aliphatic rings. The summed E-state index contributed by atoms with van der Waals surface area (Å²) >= 11 is 6.62. The Balaban J connectivity index is 1.45. The Kier molecular flexibility index (Phi) is 8.15. The molecule has 0 N–H and O–H groups in total. The van der Waals surface area contributed by atoms with E-state index in [0.29, 0.717) is 36.4 Å². The first-order chi connectivity index (χ1) is 21.0. The number of halogens is 2. The summed E-state index contributed by atoms with van der Waals surface area (Å²) in [6.45, 7) is 6.39. The molecule has 2 fully saturated rings. The number of anilines is 1. The van der Waals surface area contributed by atoms with Crippen LogP contribution in [0.1, 0.15) is 44.2 Å². The van der Waals surface area contributed by atoms with Gasteiger partial charge in [-0.05, 0) is 88.7 Å². The molecule has 0 spiro atoms. The smallest absolute Gasteiger partial charge is 0.270 e. The van der Waals surface area contributed by atoms with E-state index in [1.165, 1.54) is 31.4 Å². The van der Waals surface area contributed by atoms with E-state index in [2.05, 4.69) is 16.8 Å². The van der Waals surface area contributed by atoms with E-state index in [-0.39, 0.29) is 39.4 Å². The van der Waals surface area contributed by atoms with Gasteiger partial charge in [-0.3, -0.25) is 9.69 Å². The summed E-state index contributed by atoms with van der Waals surface area (Å²) in [5.41, 5.74) is -1.07. The van der Waals surface area contributed by atoms with Gasteiger partial charge in [-0.15, -0.1) is 0 Å². The number of benzene rings is 3. The number of carbonyl (C=O) groups excluding carboxylic acids is 1. The predicted molar refractivity (Wildman–Crippen MR) is 168 cm³/mol. The minimum absolute atomic E-state index is 0.0941. The van der Waals surface area contributed by atoms with Crippen molar-refractivity contribution < 1.29 is 27.1 Å². The van der Waals surface area contributed by atoms with Gasteiger partial charge in [0.15, 0.2) is 0 Å². The van der Waals surface area contributed by atoms with Crippen LogP contribution in [-0.2, 0) is 20.2 Å². The number of sulfonamides is 1. The van der Waals surface area contributed by atoms with Gasteiger partial charge in [-0.1, -0.05) is 29.8 Å². The van der Waals surface area contributed by atoms with Crippen molar-refractivity contribution in [3.8, 4) is 11.5 Å². The first-order valence-corrected chi connectivity index (χ1v) is 16.7. The van der Waals surface area contributed by atoms with Gasteiger partial charge in [-0.25, -0.2) is 17.1 Å². The highest BCUT2D eigenvalue weighted by Gasteiger charge is 2.57. The zero-order valence-electron chi connectivity index (χ0n) is 25.3. The molecule has 3 heterocycles. The van der Waals surface area contributed by atoms with E-state index < -0.39 is 27.2 Å². The summed E-state index contributed by atoms with van der Waals surface area (Å²) in [6.07, 6.45) is 1.75. The minimum Gasteiger partial charge on any atom is -0.495 e. The van der Waals surface area contributed by atoms with Gasteiger partial charge in [0.2, 0.25) is 0 Å². The van der Waals surface area contributed by atoms with Crippen molar-refractivity contribution in [2.75, 3.05) is 38.1 Å². The van der Waals surface area contributed by atoms with Crippen molar-refractivity contribution in [3.05, 3.63) is 82.6 Å². The quantitative estimate of drug-likeness (QED) is 0.291. The van der Waals surface area contributed by atoms with Crippen molar-refractivity contribution >= 4 is 33.2 Å². The number of likely N-dealkylation sites (tertiary alicyclic amines) is 2. The molecular weight excluding hydrogens is 605 g/mol. The van der Waals surface area contributed by atoms with Crippen molar-refractivity contribution in [2.45, 2.75) is 61.6 Å². The number of carbonyl (C=O) groups is 1. The number of amides is 1. The average Bonchev–Trinajstić information content (AvgIpc) is 3.62. The van der Waals surface area contributed by atoms with Crippen LogP contribution in [0.5, 0.6) is 11.5 Å². The molecule has 0 radical (unpaired) electrons. The number of methoxy groups -OCH3 is 1. The van der Waals surface area contributed by atoms with Gasteiger partial charge < -0.3 is 14.4 Å². The Morgan fingerprint density at radius 1 is 1.05 bits per heavy atom. The van der Waals surface area contributed by atoms with E-state index in [1.807, 2.05) is 13.8 Å². The lowest BCUT2D eigenvalue weighted by molar-refractivity contribution is -0.121. The summed E-state index contributed by atoms with van der Waals surface area (Å²) in [4.78, 5) is 19.5. The average molecular weight is 642 g/mol. The minimum atomic E-state index is -4.44. The van der Waals surface area contributed by atoms with Crippen molar-refractivity contribution in [1.29, 1.82) is 0 Å². The predicted octanol–water partition coefficient (Wildman–Crippen LogP) is 5.47. The van der Waals surface area contributed by atoms with E-state index in [4.69, 9.17) is 21.1 Å². The maximum atomic E-state index is 15.8. The second-order valence-corrected chi connectivity index (χ2v) is 14.4. The standard InChI is InChI=1S/C33H37ClFN3O5S/c1-21(2)43-24-10-12-25(13-11-24)44(40,41)38-30-18-31(42-4)28(34)17-27(30)33(32(38)39,26-8-5-6-9-29(26)35)14-7-15-37-20-22-16-23(37)19-36(22)3/h5-6,8-13,17-18,21-23H,7,14-16,19-20H2,1-4H3. The molecule has 3 aliphatic heterocycles. The molecule has 1 amide bonds. The third-order valence-corrected chi connectivity index (χ3v) is 11.2. The molecule has 0 saturated carbocycles. The van der Waals surface area contributed by atoms with Crippen LogP contribution < -0.4 is 13.8 Å². The fraction of sp³-hybridized carbons (Fsp3) is 0.424. The first-order valence-electron chi connectivity index (χ1n) is 14.9. The van der Waals surface area contributed by atoms with Crippen LogP contribution in [0, 0.1) is 5.82 Å². The molecule has 44 heavy (non-hydrogen) atoms. The fourth-order valence-electron chi connectivity index (χ4n) is 7.13. The Labute approximate surface area is 263 Å². The van der Waals surface area contributed by atoms with Crippen molar-refractivity contribution in [2.24, 2.45) is 0 Å². The van der Waals surface area contributed by atoms with Gasteiger partial charge in [0, 0.05) is 36.8 Å². The topological polar surface area (TPSA) is 79.4 Å². The van der Waals surface area contributed by atoms with Gasteiger partial charge in [0.05, 0.1) is 28.8 Å². The molecule has 11 heteroatoms. The number of fused-ring (bicyclic) bond motifs is 3. The van der Waals surface area contributed by atoms with E-state index in [9.17, 15) is 13.2 Å². The number of hydrogen-bond acceptors (Lipinski definition) is 7. The number of nitrogens with zero attached hydrogens (tertiary/aromatic N) is 3. The Hall–Kier alpha value is -3.18. The van der Waals surface area contributed by atoms with Gasteiger partial charge in [0.1, 0.15) is 22.7 Å². The molecule has 3 aromatic carbocycles. The Bertz CT molecular complexity index is 1680. The highest BCUT2D eigenvalue weighted by Crippen LogP contribution is 2.54. The second kappa shape index (κ2) is 11.6. The normalized spacial score (nSPS) is 23.5. The number of ether oxygens (including phenoxy) is 2. The van der Waals surface area contributed by atoms with E-state index in [0.717, 1.165) is 23.8 Å². The lowest BCUT2D eigenvalue weighted by atomic mass is 9.72. The molecule has 234 valence electrons. The molecule has 3 aromatic rings. The fourth-order valence-corrected chi connectivity index (χ4v) is 8.84. The second-order valence-electron chi connectivity index (χ2n) is 12.2. The zero-order valence-corrected chi connectivity index (χ0v) is 26.9. The molecule has 2 saturated heterocycles. The monoisotopic (exact) mass is 641 g/mol. The number of piperazine rings is 1. The first kappa shape index (κ1) is 30.8. The van der Waals surface area contributed by atoms with E-state index in [1.54, 1.807) is 36.4 Å². The summed E-state index contributed by atoms with van der Waals surface area (Å²) in [5.74, 6) is -0.620. The van der Waals surface area contributed by atoms with Crippen LogP contribution >= 0.6 is 11.6 Å². The number of likely N-dealkylation sites (N-methyl/N-ethyl adjacent to an activating group) is 1. The Morgan fingerprint density at radius 2 is 1.77 bits per heavy atom. The summed E-state index contributed by atoms with van der Waals surface area (Å²) in [5, 5.41) is 0.203. The summed E-state index contributed by atoms with van der Waals surface area (Å²) in [7, 11) is -0.880. The van der Waals surface area contributed by atoms with Gasteiger partial charge in [-0.2, -0.15) is 0 Å². The summed E-state index contributed by atoms with van der Waals surface area (Å²) < 4.78 is 56.3. The third-order valence-electron chi connectivity index (χ3n) is 9.19. The molecular formula is C33H37ClFN3O5S. The zero-order chi connectivity index (χ0) is 31.4. The molecule has 8 nitrogen and oxygen atoms in total.